The van der Waals surface area contributed by atoms with Crippen molar-refractivity contribution in [1.82, 2.24) is 10.3 Å². The van der Waals surface area contributed by atoms with Crippen LogP contribution in [0.1, 0.15) is 33.0 Å². The lowest BCUT2D eigenvalue weighted by molar-refractivity contribution is 0.0952. The number of hydrogen-bond donors (Lipinski definition) is 2. The molecule has 0 radical (unpaired) electrons. The fourth-order valence-corrected chi connectivity index (χ4v) is 3.80. The van der Waals surface area contributed by atoms with Gasteiger partial charge >= 0.3 is 0 Å². The first kappa shape index (κ1) is 18.3. The third-order valence-electron chi connectivity index (χ3n) is 5.06. The third-order valence-corrected chi connectivity index (χ3v) is 5.40. The second-order valence-corrected chi connectivity index (χ2v) is 7.35. The van der Waals surface area contributed by atoms with Gasteiger partial charge < -0.3 is 10.3 Å². The molecule has 0 aliphatic carbocycles. The summed E-state index contributed by atoms with van der Waals surface area (Å²) in [6.45, 7) is 2.46. The van der Waals surface area contributed by atoms with E-state index in [0.717, 1.165) is 27.6 Å². The third kappa shape index (κ3) is 3.67. The number of fused-ring (bicyclic) bond motifs is 1. The van der Waals surface area contributed by atoms with Crippen LogP contribution in [0.25, 0.3) is 10.9 Å². The highest BCUT2D eigenvalue weighted by atomic mass is 35.5. The molecule has 3 nitrogen and oxygen atoms in total. The molecule has 0 bridgehead atoms. The number of aromatic nitrogens is 1. The second-order valence-electron chi connectivity index (χ2n) is 6.94. The van der Waals surface area contributed by atoms with Crippen molar-refractivity contribution in [2.24, 2.45) is 0 Å². The zero-order valence-electron chi connectivity index (χ0n) is 15.6. The van der Waals surface area contributed by atoms with E-state index in [1.54, 1.807) is 0 Å². The monoisotopic (exact) mass is 388 g/mol. The van der Waals surface area contributed by atoms with E-state index in [1.807, 2.05) is 79.9 Å². The van der Waals surface area contributed by atoms with Gasteiger partial charge in [0.2, 0.25) is 0 Å². The summed E-state index contributed by atoms with van der Waals surface area (Å²) in [7, 11) is 0. The molecule has 1 heterocycles. The minimum atomic E-state index is -0.0862. The summed E-state index contributed by atoms with van der Waals surface area (Å²) >= 11 is 6.51. The van der Waals surface area contributed by atoms with Crippen molar-refractivity contribution in [3.05, 3.63) is 106 Å². The number of hydrogen-bond acceptors (Lipinski definition) is 1. The van der Waals surface area contributed by atoms with Gasteiger partial charge in [0.05, 0.1) is 0 Å². The van der Waals surface area contributed by atoms with Crippen molar-refractivity contribution in [2.45, 2.75) is 12.8 Å². The minimum Gasteiger partial charge on any atom is -0.361 e. The van der Waals surface area contributed by atoms with Crippen molar-refractivity contribution < 1.29 is 4.79 Å². The Bertz CT molecular complexity index is 1110. The molecule has 0 saturated carbocycles. The molecule has 4 heteroatoms. The van der Waals surface area contributed by atoms with Gasteiger partial charge in [-0.05, 0) is 42.3 Å². The Morgan fingerprint density at radius 1 is 0.964 bits per heavy atom. The Labute approximate surface area is 169 Å². The van der Waals surface area contributed by atoms with Gasteiger partial charge in [-0.25, -0.2) is 0 Å². The largest absolute Gasteiger partial charge is 0.361 e. The smallest absolute Gasteiger partial charge is 0.251 e. The first-order valence-electron chi connectivity index (χ1n) is 9.29. The van der Waals surface area contributed by atoms with Gasteiger partial charge in [0.15, 0.2) is 0 Å². The lowest BCUT2D eigenvalue weighted by Gasteiger charge is -2.19. The molecule has 28 heavy (non-hydrogen) atoms. The maximum atomic E-state index is 12.7. The number of aryl methyl sites for hydroxylation is 1. The Hall–Kier alpha value is -3.04. The average molecular weight is 389 g/mol. The number of benzene rings is 3. The number of aromatic amines is 1. The highest BCUT2D eigenvalue weighted by Gasteiger charge is 2.21. The Morgan fingerprint density at radius 3 is 2.46 bits per heavy atom. The average Bonchev–Trinajstić information content (AvgIpc) is 3.14. The van der Waals surface area contributed by atoms with Gasteiger partial charge in [0.25, 0.3) is 5.91 Å². The van der Waals surface area contributed by atoms with Crippen LogP contribution in [0.2, 0.25) is 5.02 Å². The number of para-hydroxylation sites is 1. The number of carbonyl (C=O) groups excluding carboxylic acids is 1. The lowest BCUT2D eigenvalue weighted by Crippen LogP contribution is -2.29. The number of amides is 1. The van der Waals surface area contributed by atoms with Crippen molar-refractivity contribution >= 4 is 28.4 Å². The first-order valence-corrected chi connectivity index (χ1v) is 9.66. The highest BCUT2D eigenvalue weighted by molar-refractivity contribution is 6.31. The van der Waals surface area contributed by atoms with Crippen molar-refractivity contribution in [1.29, 1.82) is 0 Å². The molecule has 0 saturated heterocycles. The van der Waals surface area contributed by atoms with E-state index >= 15 is 0 Å². The summed E-state index contributed by atoms with van der Waals surface area (Å²) < 4.78 is 0. The maximum Gasteiger partial charge on any atom is 0.251 e. The van der Waals surface area contributed by atoms with E-state index in [4.69, 9.17) is 11.6 Å². The molecule has 0 unspecified atom stereocenters. The van der Waals surface area contributed by atoms with Gasteiger partial charge in [-0.1, -0.05) is 65.7 Å². The summed E-state index contributed by atoms with van der Waals surface area (Å²) in [5, 5.41) is 4.92. The number of carbonyl (C=O) groups is 1. The molecule has 140 valence electrons. The standard InChI is InChI=1S/C24H21ClN2O/c1-16-10-12-17(13-11-16)24(28)27-15-20(18-6-2-4-8-22(18)25)21-14-26-23-9-5-3-7-19(21)23/h2-14,20,26H,15H2,1H3,(H,27,28)/t20-/m1/s1. The van der Waals surface area contributed by atoms with E-state index < -0.39 is 0 Å². The number of H-pyrrole nitrogens is 1. The molecule has 1 atom stereocenters. The Morgan fingerprint density at radius 2 is 1.68 bits per heavy atom. The summed E-state index contributed by atoms with van der Waals surface area (Å²) in [5.41, 5.74) is 4.97. The molecule has 3 aromatic carbocycles. The summed E-state index contributed by atoms with van der Waals surface area (Å²) in [4.78, 5) is 16.0. The van der Waals surface area contributed by atoms with Crippen molar-refractivity contribution in [3.8, 4) is 0 Å². The SMILES string of the molecule is Cc1ccc(C(=O)NC[C@H](c2ccccc2Cl)c2c[nH]c3ccccc23)cc1. The van der Waals surface area contributed by atoms with E-state index in [0.29, 0.717) is 17.1 Å². The van der Waals surface area contributed by atoms with Crippen LogP contribution in [0.4, 0.5) is 0 Å². The van der Waals surface area contributed by atoms with Gasteiger partial charge in [-0.15, -0.1) is 0 Å². The minimum absolute atomic E-state index is 0.0563. The molecule has 0 aliphatic rings. The second kappa shape index (κ2) is 7.91. The normalized spacial score (nSPS) is 12.1. The number of rotatable bonds is 5. The van der Waals surface area contributed by atoms with Crippen LogP contribution < -0.4 is 5.32 Å². The number of nitrogens with one attached hydrogen (secondary N) is 2. The maximum absolute atomic E-state index is 12.7. The first-order chi connectivity index (χ1) is 13.6. The van der Waals surface area contributed by atoms with Crippen molar-refractivity contribution in [3.63, 3.8) is 0 Å². The molecule has 2 N–H and O–H groups in total. The molecule has 4 aromatic rings. The van der Waals surface area contributed by atoms with Crippen LogP contribution >= 0.6 is 11.6 Å². The van der Waals surface area contributed by atoms with Gasteiger partial charge in [-0.2, -0.15) is 0 Å². The molecular formula is C24H21ClN2O. The molecule has 1 amide bonds. The quantitative estimate of drug-likeness (QED) is 0.453. The van der Waals surface area contributed by atoms with Gasteiger partial charge in [0.1, 0.15) is 0 Å². The topological polar surface area (TPSA) is 44.9 Å². The van der Waals surface area contributed by atoms with E-state index in [-0.39, 0.29) is 11.8 Å². The number of halogens is 1. The molecule has 1 aromatic heterocycles. The van der Waals surface area contributed by atoms with Crippen LogP contribution in [0.15, 0.2) is 79.0 Å². The van der Waals surface area contributed by atoms with E-state index in [1.165, 1.54) is 0 Å². The Kier molecular flexibility index (Phi) is 5.18. The zero-order chi connectivity index (χ0) is 19.5. The van der Waals surface area contributed by atoms with Gasteiger partial charge in [-0.3, -0.25) is 4.79 Å². The molecular weight excluding hydrogens is 368 g/mol. The van der Waals surface area contributed by atoms with Crippen LogP contribution in [0, 0.1) is 6.92 Å². The van der Waals surface area contributed by atoms with Crippen LogP contribution in [-0.2, 0) is 0 Å². The lowest BCUT2D eigenvalue weighted by atomic mass is 9.90. The summed E-state index contributed by atoms with van der Waals surface area (Å²) in [5.74, 6) is -0.142. The van der Waals surface area contributed by atoms with E-state index in [9.17, 15) is 4.79 Å². The molecule has 0 spiro atoms. The highest BCUT2D eigenvalue weighted by Crippen LogP contribution is 2.34. The van der Waals surface area contributed by atoms with E-state index in [2.05, 4.69) is 16.4 Å². The van der Waals surface area contributed by atoms with Crippen LogP contribution in [0.3, 0.4) is 0 Å². The molecule has 4 rings (SSSR count). The predicted octanol–water partition coefficient (Wildman–Crippen LogP) is 5.69. The summed E-state index contributed by atoms with van der Waals surface area (Å²) in [6, 6.07) is 23.6. The van der Waals surface area contributed by atoms with Crippen molar-refractivity contribution in [2.75, 3.05) is 6.54 Å². The van der Waals surface area contributed by atoms with Crippen LogP contribution in [0.5, 0.6) is 0 Å². The zero-order valence-corrected chi connectivity index (χ0v) is 16.3. The fourth-order valence-electron chi connectivity index (χ4n) is 3.53. The summed E-state index contributed by atoms with van der Waals surface area (Å²) in [6.07, 6.45) is 2.01. The van der Waals surface area contributed by atoms with Gasteiger partial charge in [0, 0.05) is 40.1 Å². The molecule has 0 fully saturated rings. The predicted molar refractivity (Wildman–Crippen MR) is 115 cm³/mol. The molecule has 0 aliphatic heterocycles. The fraction of sp³-hybridized carbons (Fsp3) is 0.125. The van der Waals surface area contributed by atoms with Crippen LogP contribution in [-0.4, -0.2) is 17.4 Å². The Balaban J connectivity index is 1.67.